The zero-order valence-corrected chi connectivity index (χ0v) is 10.1. The molecule has 1 rings (SSSR count). The molecule has 1 N–H and O–H groups in total. The summed E-state index contributed by atoms with van der Waals surface area (Å²) in [5, 5.41) is 9.37. The van der Waals surface area contributed by atoms with Crippen LogP contribution in [0.3, 0.4) is 0 Å². The molecule has 0 aromatic carbocycles. The van der Waals surface area contributed by atoms with E-state index in [0.717, 1.165) is 38.8 Å². The van der Waals surface area contributed by atoms with Crippen molar-refractivity contribution < 1.29 is 9.90 Å². The van der Waals surface area contributed by atoms with Crippen LogP contribution in [0.4, 0.5) is 0 Å². The zero-order chi connectivity index (χ0) is 11.5. The number of piperidine rings is 1. The van der Waals surface area contributed by atoms with E-state index in [9.17, 15) is 9.90 Å². The van der Waals surface area contributed by atoms with Gasteiger partial charge in [0.2, 0.25) is 0 Å². The summed E-state index contributed by atoms with van der Waals surface area (Å²) >= 11 is 0. The Labute approximate surface area is 92.5 Å². The lowest BCUT2D eigenvalue weighted by Crippen LogP contribution is -2.42. The Hall–Kier alpha value is -0.570. The van der Waals surface area contributed by atoms with Gasteiger partial charge in [-0.2, -0.15) is 0 Å². The van der Waals surface area contributed by atoms with E-state index in [4.69, 9.17) is 0 Å². The SMILES string of the molecule is CCCC(C)(C(=O)O)C1CCN(C)CC1. The lowest BCUT2D eigenvalue weighted by Gasteiger charge is -2.39. The highest BCUT2D eigenvalue weighted by Crippen LogP contribution is 2.39. The summed E-state index contributed by atoms with van der Waals surface area (Å²) in [6.07, 6.45) is 3.81. The van der Waals surface area contributed by atoms with Crippen molar-refractivity contribution in [3.63, 3.8) is 0 Å². The molecule has 1 saturated heterocycles. The van der Waals surface area contributed by atoms with Crippen molar-refractivity contribution in [2.75, 3.05) is 20.1 Å². The summed E-state index contributed by atoms with van der Waals surface area (Å²) in [5.74, 6) is -0.259. The van der Waals surface area contributed by atoms with Gasteiger partial charge in [-0.05, 0) is 52.2 Å². The van der Waals surface area contributed by atoms with Gasteiger partial charge in [0.15, 0.2) is 0 Å². The van der Waals surface area contributed by atoms with Crippen molar-refractivity contribution >= 4 is 5.97 Å². The molecule has 0 saturated carbocycles. The van der Waals surface area contributed by atoms with Crippen LogP contribution < -0.4 is 0 Å². The molecule has 0 bridgehead atoms. The number of carboxylic acid groups (broad SMARTS) is 1. The van der Waals surface area contributed by atoms with E-state index < -0.39 is 11.4 Å². The van der Waals surface area contributed by atoms with Crippen LogP contribution in [0.15, 0.2) is 0 Å². The van der Waals surface area contributed by atoms with Crippen molar-refractivity contribution in [3.05, 3.63) is 0 Å². The molecule has 1 aliphatic heterocycles. The van der Waals surface area contributed by atoms with Gasteiger partial charge in [0.25, 0.3) is 0 Å². The normalized spacial score (nSPS) is 23.7. The van der Waals surface area contributed by atoms with E-state index in [2.05, 4.69) is 18.9 Å². The van der Waals surface area contributed by atoms with E-state index in [1.54, 1.807) is 0 Å². The van der Waals surface area contributed by atoms with Gasteiger partial charge in [-0.25, -0.2) is 0 Å². The number of carbonyl (C=O) groups is 1. The predicted molar refractivity (Wildman–Crippen MR) is 60.9 cm³/mol. The second-order valence-corrected chi connectivity index (χ2v) is 5.05. The molecule has 0 amide bonds. The molecule has 3 nitrogen and oxygen atoms in total. The molecule has 1 atom stereocenters. The van der Waals surface area contributed by atoms with Crippen LogP contribution in [0.5, 0.6) is 0 Å². The van der Waals surface area contributed by atoms with Crippen molar-refractivity contribution in [2.45, 2.75) is 39.5 Å². The van der Waals surface area contributed by atoms with Crippen molar-refractivity contribution in [1.82, 2.24) is 4.90 Å². The van der Waals surface area contributed by atoms with E-state index >= 15 is 0 Å². The Morgan fingerprint density at radius 2 is 2.00 bits per heavy atom. The second-order valence-electron chi connectivity index (χ2n) is 5.05. The van der Waals surface area contributed by atoms with Gasteiger partial charge < -0.3 is 10.0 Å². The van der Waals surface area contributed by atoms with Crippen LogP contribution in [-0.2, 0) is 4.79 Å². The number of carboxylic acids is 1. The maximum Gasteiger partial charge on any atom is 0.309 e. The average Bonchev–Trinajstić information content (AvgIpc) is 2.18. The lowest BCUT2D eigenvalue weighted by atomic mass is 9.69. The molecule has 1 fully saturated rings. The van der Waals surface area contributed by atoms with Gasteiger partial charge in [-0.3, -0.25) is 4.79 Å². The van der Waals surface area contributed by atoms with Crippen molar-refractivity contribution in [2.24, 2.45) is 11.3 Å². The van der Waals surface area contributed by atoms with E-state index in [-0.39, 0.29) is 0 Å². The largest absolute Gasteiger partial charge is 0.481 e. The average molecular weight is 213 g/mol. The third-order valence-corrected chi connectivity index (χ3v) is 3.88. The minimum absolute atomic E-state index is 0.353. The minimum atomic E-state index is -0.612. The fourth-order valence-corrected chi connectivity index (χ4v) is 2.65. The first-order valence-corrected chi connectivity index (χ1v) is 5.92. The standard InChI is InChI=1S/C12H23NO2/c1-4-7-12(2,11(14)15)10-5-8-13(3)9-6-10/h10H,4-9H2,1-3H3,(H,14,15). The maximum atomic E-state index is 11.4. The molecule has 0 spiro atoms. The maximum absolute atomic E-state index is 11.4. The van der Waals surface area contributed by atoms with Crippen LogP contribution in [0.25, 0.3) is 0 Å². The monoisotopic (exact) mass is 213 g/mol. The summed E-state index contributed by atoms with van der Waals surface area (Å²) in [6.45, 7) is 6.07. The van der Waals surface area contributed by atoms with Gasteiger partial charge in [-0.15, -0.1) is 0 Å². The number of hydrogen-bond donors (Lipinski definition) is 1. The third kappa shape index (κ3) is 2.71. The first kappa shape index (κ1) is 12.5. The van der Waals surface area contributed by atoms with Gasteiger partial charge in [0.1, 0.15) is 0 Å². The smallest absolute Gasteiger partial charge is 0.309 e. The molecule has 0 radical (unpaired) electrons. The Balaban J connectivity index is 2.68. The Kier molecular flexibility index (Phi) is 4.14. The summed E-state index contributed by atoms with van der Waals surface area (Å²) in [5.41, 5.74) is -0.504. The predicted octanol–water partition coefficient (Wildman–Crippen LogP) is 2.22. The summed E-state index contributed by atoms with van der Waals surface area (Å²) in [4.78, 5) is 13.7. The summed E-state index contributed by atoms with van der Waals surface area (Å²) in [7, 11) is 2.11. The molecule has 88 valence electrons. The fourth-order valence-electron chi connectivity index (χ4n) is 2.65. The molecule has 0 aromatic rings. The first-order chi connectivity index (χ1) is 7.00. The Bertz CT molecular complexity index is 222. The molecular formula is C12H23NO2. The molecular weight excluding hydrogens is 190 g/mol. The highest BCUT2D eigenvalue weighted by Gasteiger charge is 2.41. The minimum Gasteiger partial charge on any atom is -0.481 e. The molecule has 1 aliphatic rings. The van der Waals surface area contributed by atoms with Crippen LogP contribution in [0.1, 0.15) is 39.5 Å². The van der Waals surface area contributed by atoms with Gasteiger partial charge in [0.05, 0.1) is 5.41 Å². The summed E-state index contributed by atoms with van der Waals surface area (Å²) < 4.78 is 0. The van der Waals surface area contributed by atoms with Crippen LogP contribution in [0, 0.1) is 11.3 Å². The van der Waals surface area contributed by atoms with Crippen molar-refractivity contribution in [3.8, 4) is 0 Å². The number of likely N-dealkylation sites (tertiary alicyclic amines) is 1. The molecule has 1 unspecified atom stereocenters. The Morgan fingerprint density at radius 1 is 1.47 bits per heavy atom. The van der Waals surface area contributed by atoms with Crippen LogP contribution in [-0.4, -0.2) is 36.1 Å². The lowest BCUT2D eigenvalue weighted by molar-refractivity contribution is -0.153. The van der Waals surface area contributed by atoms with Crippen LogP contribution in [0.2, 0.25) is 0 Å². The molecule has 1 heterocycles. The quantitative estimate of drug-likeness (QED) is 0.778. The first-order valence-electron chi connectivity index (χ1n) is 5.92. The van der Waals surface area contributed by atoms with Crippen LogP contribution >= 0.6 is 0 Å². The highest BCUT2D eigenvalue weighted by molar-refractivity contribution is 5.74. The third-order valence-electron chi connectivity index (χ3n) is 3.88. The fraction of sp³-hybridized carbons (Fsp3) is 0.917. The number of rotatable bonds is 4. The molecule has 0 aliphatic carbocycles. The van der Waals surface area contributed by atoms with E-state index in [0.29, 0.717) is 5.92 Å². The second kappa shape index (κ2) is 4.97. The van der Waals surface area contributed by atoms with E-state index in [1.807, 2.05) is 6.92 Å². The number of nitrogens with zero attached hydrogens (tertiary/aromatic N) is 1. The topological polar surface area (TPSA) is 40.5 Å². The molecule has 0 aromatic heterocycles. The number of hydrogen-bond acceptors (Lipinski definition) is 2. The van der Waals surface area contributed by atoms with Gasteiger partial charge in [-0.1, -0.05) is 13.3 Å². The molecule has 3 heteroatoms. The van der Waals surface area contributed by atoms with E-state index in [1.165, 1.54) is 0 Å². The number of aliphatic carboxylic acids is 1. The van der Waals surface area contributed by atoms with Gasteiger partial charge >= 0.3 is 5.97 Å². The molecule has 15 heavy (non-hydrogen) atoms. The zero-order valence-electron chi connectivity index (χ0n) is 10.1. The Morgan fingerprint density at radius 3 is 2.40 bits per heavy atom. The van der Waals surface area contributed by atoms with Gasteiger partial charge in [0, 0.05) is 0 Å². The summed E-state index contributed by atoms with van der Waals surface area (Å²) in [6, 6.07) is 0. The highest BCUT2D eigenvalue weighted by atomic mass is 16.4. The van der Waals surface area contributed by atoms with Crippen molar-refractivity contribution in [1.29, 1.82) is 0 Å².